The molecule has 112 valence electrons. The highest BCUT2D eigenvalue weighted by molar-refractivity contribution is 7.89. The van der Waals surface area contributed by atoms with Crippen LogP contribution in [0.1, 0.15) is 16.8 Å². The van der Waals surface area contributed by atoms with Gasteiger partial charge in [0, 0.05) is 18.1 Å². The molecular weight excluding hydrogens is 314 g/mol. The first-order valence-electron chi connectivity index (χ1n) is 6.20. The number of hydrogen-bond donors (Lipinski definition) is 2. The third-order valence-corrected chi connectivity index (χ3v) is 4.04. The van der Waals surface area contributed by atoms with Gasteiger partial charge in [0.1, 0.15) is 5.15 Å². The van der Waals surface area contributed by atoms with Gasteiger partial charge in [-0.3, -0.25) is 4.79 Å². The van der Waals surface area contributed by atoms with Crippen molar-refractivity contribution in [3.63, 3.8) is 0 Å². The van der Waals surface area contributed by atoms with Crippen LogP contribution >= 0.6 is 11.6 Å². The molecule has 21 heavy (non-hydrogen) atoms. The van der Waals surface area contributed by atoms with Crippen molar-refractivity contribution in [1.82, 2.24) is 10.3 Å². The summed E-state index contributed by atoms with van der Waals surface area (Å²) < 4.78 is 21.6. The first-order valence-corrected chi connectivity index (χ1v) is 8.30. The normalized spacial score (nSPS) is 11.5. The average Bonchev–Trinajstić information content (AvgIpc) is 2.43. The third-order valence-electron chi connectivity index (χ3n) is 2.88. The number of fused-ring (bicyclic) bond motifs is 1. The van der Waals surface area contributed by atoms with Gasteiger partial charge in [0.05, 0.1) is 11.3 Å². The Morgan fingerprint density at radius 3 is 2.62 bits per heavy atom. The van der Waals surface area contributed by atoms with Crippen LogP contribution in [0.25, 0.3) is 10.8 Å². The Labute approximate surface area is 127 Å². The molecule has 1 aromatic heterocycles. The van der Waals surface area contributed by atoms with Crippen LogP contribution in [-0.2, 0) is 10.0 Å². The average molecular weight is 328 g/mol. The molecule has 0 bridgehead atoms. The maximum absolute atomic E-state index is 12.1. The van der Waals surface area contributed by atoms with Crippen LogP contribution in [0.15, 0.2) is 30.5 Å². The molecule has 0 radical (unpaired) electrons. The lowest BCUT2D eigenvalue weighted by molar-refractivity contribution is 0.0955. The Hall–Kier alpha value is -1.70. The van der Waals surface area contributed by atoms with Crippen LogP contribution in [0.5, 0.6) is 0 Å². The van der Waals surface area contributed by atoms with Crippen LogP contribution in [0.3, 0.4) is 0 Å². The molecule has 0 atom stereocenters. The van der Waals surface area contributed by atoms with E-state index in [0.717, 1.165) is 0 Å². The molecule has 0 spiro atoms. The Bertz CT molecular complexity index is 777. The van der Waals surface area contributed by atoms with Gasteiger partial charge in [-0.2, -0.15) is 0 Å². The van der Waals surface area contributed by atoms with Crippen molar-refractivity contribution in [3.05, 3.63) is 41.2 Å². The Balaban J connectivity index is 2.12. The summed E-state index contributed by atoms with van der Waals surface area (Å²) in [4.78, 5) is 16.1. The van der Waals surface area contributed by atoms with E-state index in [2.05, 4.69) is 10.3 Å². The van der Waals surface area contributed by atoms with Crippen molar-refractivity contribution in [2.75, 3.05) is 12.3 Å². The first kappa shape index (κ1) is 15.7. The van der Waals surface area contributed by atoms with Crippen molar-refractivity contribution in [1.29, 1.82) is 0 Å². The smallest absolute Gasteiger partial charge is 0.253 e. The molecule has 0 aliphatic rings. The Morgan fingerprint density at radius 1 is 1.29 bits per heavy atom. The quantitative estimate of drug-likeness (QED) is 0.638. The molecule has 0 unspecified atom stereocenters. The standard InChI is InChI=1S/C13H14ClN3O3S/c14-12-10-5-2-1-4-9(10)11(8-17-12)13(18)16-6-3-7-21(15,19)20/h1-2,4-5,8H,3,6-7H2,(H,16,18)(H2,15,19,20). The van der Waals surface area contributed by atoms with Crippen molar-refractivity contribution < 1.29 is 13.2 Å². The number of amides is 1. The second-order valence-corrected chi connectivity index (χ2v) is 6.58. The second-order valence-electron chi connectivity index (χ2n) is 4.48. The van der Waals surface area contributed by atoms with E-state index in [-0.39, 0.29) is 24.6 Å². The van der Waals surface area contributed by atoms with E-state index in [4.69, 9.17) is 16.7 Å². The number of primary sulfonamides is 1. The summed E-state index contributed by atoms with van der Waals surface area (Å²) in [6.45, 7) is 0.215. The van der Waals surface area contributed by atoms with Crippen LogP contribution < -0.4 is 10.5 Å². The lowest BCUT2D eigenvalue weighted by Gasteiger charge is -2.08. The summed E-state index contributed by atoms with van der Waals surface area (Å²) in [7, 11) is -3.51. The number of carbonyl (C=O) groups excluding carboxylic acids is 1. The molecular formula is C13H14ClN3O3S. The molecule has 2 rings (SSSR count). The molecule has 2 aromatic rings. The van der Waals surface area contributed by atoms with E-state index in [1.54, 1.807) is 18.2 Å². The fourth-order valence-electron chi connectivity index (χ4n) is 1.91. The molecule has 0 aliphatic heterocycles. The van der Waals surface area contributed by atoms with Crippen LogP contribution in [0, 0.1) is 0 Å². The van der Waals surface area contributed by atoms with Gasteiger partial charge in [-0.25, -0.2) is 18.5 Å². The summed E-state index contributed by atoms with van der Waals surface area (Å²) in [6, 6.07) is 7.17. The number of halogens is 1. The number of nitrogens with zero attached hydrogens (tertiary/aromatic N) is 1. The van der Waals surface area contributed by atoms with E-state index in [1.807, 2.05) is 6.07 Å². The summed E-state index contributed by atoms with van der Waals surface area (Å²) in [5.74, 6) is -0.503. The number of nitrogens with one attached hydrogen (secondary N) is 1. The predicted octanol–water partition coefficient (Wildman–Crippen LogP) is 1.30. The maximum atomic E-state index is 12.1. The number of rotatable bonds is 5. The van der Waals surface area contributed by atoms with Gasteiger partial charge in [-0.1, -0.05) is 35.9 Å². The predicted molar refractivity (Wildman–Crippen MR) is 81.7 cm³/mol. The zero-order valence-electron chi connectivity index (χ0n) is 11.0. The Morgan fingerprint density at radius 2 is 1.95 bits per heavy atom. The van der Waals surface area contributed by atoms with E-state index >= 15 is 0 Å². The summed E-state index contributed by atoms with van der Waals surface area (Å²) in [5.41, 5.74) is 0.394. The maximum Gasteiger partial charge on any atom is 0.253 e. The molecule has 6 nitrogen and oxygen atoms in total. The minimum absolute atomic E-state index is 0.174. The monoisotopic (exact) mass is 327 g/mol. The van der Waals surface area contributed by atoms with Crippen LogP contribution in [0.4, 0.5) is 0 Å². The van der Waals surface area contributed by atoms with E-state index in [0.29, 0.717) is 21.5 Å². The second kappa shape index (κ2) is 6.38. The topological polar surface area (TPSA) is 102 Å². The number of benzene rings is 1. The fourth-order valence-corrected chi connectivity index (χ4v) is 2.67. The summed E-state index contributed by atoms with van der Waals surface area (Å²) in [5, 5.41) is 9.25. The molecule has 1 amide bonds. The molecule has 0 fully saturated rings. The van der Waals surface area contributed by atoms with Gasteiger partial charge in [-0.05, 0) is 11.8 Å². The number of nitrogens with two attached hydrogens (primary N) is 1. The van der Waals surface area contributed by atoms with Crippen molar-refractivity contribution in [2.24, 2.45) is 5.14 Å². The summed E-state index contributed by atoms with van der Waals surface area (Å²) in [6.07, 6.45) is 1.66. The number of sulfonamides is 1. The highest BCUT2D eigenvalue weighted by Crippen LogP contribution is 2.23. The number of pyridine rings is 1. The third kappa shape index (κ3) is 4.13. The lowest BCUT2D eigenvalue weighted by atomic mass is 10.1. The summed E-state index contributed by atoms with van der Waals surface area (Å²) >= 11 is 5.99. The van der Waals surface area contributed by atoms with Gasteiger partial charge >= 0.3 is 0 Å². The van der Waals surface area contributed by atoms with Gasteiger partial charge in [-0.15, -0.1) is 0 Å². The van der Waals surface area contributed by atoms with Gasteiger partial charge in [0.2, 0.25) is 10.0 Å². The van der Waals surface area contributed by atoms with Gasteiger partial charge in [0.25, 0.3) is 5.91 Å². The highest BCUT2D eigenvalue weighted by Gasteiger charge is 2.12. The number of hydrogen-bond acceptors (Lipinski definition) is 4. The number of carbonyl (C=O) groups is 1. The zero-order chi connectivity index (χ0) is 15.5. The molecule has 0 saturated heterocycles. The zero-order valence-corrected chi connectivity index (χ0v) is 12.6. The SMILES string of the molecule is NS(=O)(=O)CCCNC(=O)c1cnc(Cl)c2ccccc12. The Kier molecular flexibility index (Phi) is 4.76. The van der Waals surface area contributed by atoms with E-state index < -0.39 is 10.0 Å². The molecule has 0 aliphatic carbocycles. The molecule has 3 N–H and O–H groups in total. The fraction of sp³-hybridized carbons (Fsp3) is 0.231. The van der Waals surface area contributed by atoms with Gasteiger partial charge in [0.15, 0.2) is 0 Å². The highest BCUT2D eigenvalue weighted by atomic mass is 35.5. The molecule has 1 heterocycles. The minimum Gasteiger partial charge on any atom is -0.352 e. The van der Waals surface area contributed by atoms with Crippen molar-refractivity contribution >= 4 is 38.3 Å². The first-order chi connectivity index (χ1) is 9.88. The van der Waals surface area contributed by atoms with E-state index in [1.165, 1.54) is 6.20 Å². The largest absolute Gasteiger partial charge is 0.352 e. The van der Waals surface area contributed by atoms with Crippen molar-refractivity contribution in [2.45, 2.75) is 6.42 Å². The van der Waals surface area contributed by atoms with E-state index in [9.17, 15) is 13.2 Å². The van der Waals surface area contributed by atoms with Crippen LogP contribution in [-0.4, -0.2) is 31.6 Å². The van der Waals surface area contributed by atoms with Crippen LogP contribution in [0.2, 0.25) is 5.15 Å². The molecule has 8 heteroatoms. The van der Waals surface area contributed by atoms with Gasteiger partial charge < -0.3 is 5.32 Å². The molecule has 1 aromatic carbocycles. The lowest BCUT2D eigenvalue weighted by Crippen LogP contribution is -2.27. The molecule has 0 saturated carbocycles. The van der Waals surface area contributed by atoms with Crippen molar-refractivity contribution in [3.8, 4) is 0 Å². The minimum atomic E-state index is -3.51. The number of aromatic nitrogens is 1.